The lowest BCUT2D eigenvalue weighted by Crippen LogP contribution is -2.45. The average Bonchev–Trinajstić information content (AvgIpc) is 2.39. The van der Waals surface area contributed by atoms with Gasteiger partial charge in [-0.3, -0.25) is 0 Å². The summed E-state index contributed by atoms with van der Waals surface area (Å²) in [7, 11) is -3.64. The van der Waals surface area contributed by atoms with Crippen molar-refractivity contribution in [2.45, 2.75) is 23.9 Å². The standard InChI is InChI=1S/C11H14N4O2S.ClH/c12-7-9-3-4-14-11(6-9)18(16,17)15-5-1-2-10(13)8-15;/h3-4,6,10H,1-2,5,8,13H2;1H. The van der Waals surface area contributed by atoms with Crippen LogP contribution in [0.1, 0.15) is 18.4 Å². The van der Waals surface area contributed by atoms with E-state index >= 15 is 0 Å². The van der Waals surface area contributed by atoms with Gasteiger partial charge in [0.25, 0.3) is 10.0 Å². The van der Waals surface area contributed by atoms with Crippen LogP contribution >= 0.6 is 12.4 Å². The normalized spacial score (nSPS) is 20.3. The Labute approximate surface area is 118 Å². The fraction of sp³-hybridized carbons (Fsp3) is 0.455. The molecule has 0 spiro atoms. The molecule has 104 valence electrons. The molecule has 0 aromatic carbocycles. The molecule has 1 fully saturated rings. The number of pyridine rings is 1. The average molecular weight is 303 g/mol. The van der Waals surface area contributed by atoms with Crippen LogP contribution in [0.4, 0.5) is 0 Å². The van der Waals surface area contributed by atoms with Gasteiger partial charge >= 0.3 is 0 Å². The van der Waals surface area contributed by atoms with E-state index in [1.165, 1.54) is 22.6 Å². The van der Waals surface area contributed by atoms with Gasteiger partial charge < -0.3 is 5.73 Å². The lowest BCUT2D eigenvalue weighted by molar-refractivity contribution is 0.315. The van der Waals surface area contributed by atoms with E-state index in [4.69, 9.17) is 11.0 Å². The first kappa shape index (κ1) is 15.9. The van der Waals surface area contributed by atoms with Gasteiger partial charge in [0.05, 0.1) is 11.6 Å². The molecule has 6 nitrogen and oxygen atoms in total. The van der Waals surface area contributed by atoms with E-state index in [0.717, 1.165) is 12.8 Å². The molecule has 1 saturated heterocycles. The number of aromatic nitrogens is 1. The van der Waals surface area contributed by atoms with Crippen molar-refractivity contribution in [1.29, 1.82) is 5.26 Å². The summed E-state index contributed by atoms with van der Waals surface area (Å²) >= 11 is 0. The summed E-state index contributed by atoms with van der Waals surface area (Å²) in [5, 5.41) is 8.69. The van der Waals surface area contributed by atoms with Crippen molar-refractivity contribution in [3.63, 3.8) is 0 Å². The van der Waals surface area contributed by atoms with Gasteiger partial charge in [-0.2, -0.15) is 9.57 Å². The molecule has 2 N–H and O–H groups in total. The Morgan fingerprint density at radius 2 is 2.26 bits per heavy atom. The van der Waals surface area contributed by atoms with Gasteiger partial charge in [-0.1, -0.05) is 0 Å². The van der Waals surface area contributed by atoms with Crippen LogP contribution < -0.4 is 5.73 Å². The lowest BCUT2D eigenvalue weighted by atomic mass is 10.1. The first-order valence-corrected chi connectivity index (χ1v) is 7.10. The highest BCUT2D eigenvalue weighted by atomic mass is 35.5. The van der Waals surface area contributed by atoms with E-state index < -0.39 is 10.0 Å². The SMILES string of the molecule is Cl.N#Cc1ccnc(S(=O)(=O)N2CCCC(N)C2)c1. The van der Waals surface area contributed by atoms with E-state index in [0.29, 0.717) is 13.1 Å². The Hall–Kier alpha value is -1.20. The molecule has 0 aliphatic carbocycles. The first-order chi connectivity index (χ1) is 8.54. The van der Waals surface area contributed by atoms with Crippen molar-refractivity contribution in [3.05, 3.63) is 23.9 Å². The third-order valence-electron chi connectivity index (χ3n) is 2.89. The molecule has 19 heavy (non-hydrogen) atoms. The maximum Gasteiger partial charge on any atom is 0.260 e. The van der Waals surface area contributed by atoms with Crippen molar-refractivity contribution in [3.8, 4) is 6.07 Å². The summed E-state index contributed by atoms with van der Waals surface area (Å²) < 4.78 is 25.9. The maximum atomic E-state index is 12.3. The predicted octanol–water partition coefficient (Wildman–Crippen LogP) is 0.487. The van der Waals surface area contributed by atoms with E-state index in [2.05, 4.69) is 4.98 Å². The Kier molecular flexibility index (Phi) is 5.26. The predicted molar refractivity (Wildman–Crippen MR) is 72.2 cm³/mol. The van der Waals surface area contributed by atoms with Crippen LogP contribution in [0.2, 0.25) is 0 Å². The van der Waals surface area contributed by atoms with Crippen LogP contribution in [0.25, 0.3) is 0 Å². The Bertz CT molecular complexity index is 585. The van der Waals surface area contributed by atoms with Crippen LogP contribution in [-0.2, 0) is 10.0 Å². The van der Waals surface area contributed by atoms with Gasteiger partial charge in [0.2, 0.25) is 0 Å². The highest BCUT2D eigenvalue weighted by Gasteiger charge is 2.29. The van der Waals surface area contributed by atoms with E-state index in [-0.39, 0.29) is 29.0 Å². The fourth-order valence-corrected chi connectivity index (χ4v) is 3.44. The van der Waals surface area contributed by atoms with Crippen molar-refractivity contribution < 1.29 is 8.42 Å². The van der Waals surface area contributed by atoms with Crippen molar-refractivity contribution in [2.75, 3.05) is 13.1 Å². The smallest absolute Gasteiger partial charge is 0.260 e. The summed E-state index contributed by atoms with van der Waals surface area (Å²) in [6.45, 7) is 0.759. The first-order valence-electron chi connectivity index (χ1n) is 5.66. The molecule has 0 amide bonds. The molecular formula is C11H15ClN4O2S. The molecule has 1 aromatic rings. The van der Waals surface area contributed by atoms with Crippen molar-refractivity contribution in [1.82, 2.24) is 9.29 Å². The number of nitriles is 1. The Balaban J connectivity index is 0.00000180. The molecule has 0 bridgehead atoms. The number of nitrogens with two attached hydrogens (primary N) is 1. The number of piperidine rings is 1. The minimum Gasteiger partial charge on any atom is -0.327 e. The number of rotatable bonds is 2. The van der Waals surface area contributed by atoms with Gasteiger partial charge in [0, 0.05) is 25.3 Å². The molecular weight excluding hydrogens is 288 g/mol. The second kappa shape index (κ2) is 6.30. The van der Waals surface area contributed by atoms with E-state index in [9.17, 15) is 8.42 Å². The van der Waals surface area contributed by atoms with Crippen LogP contribution in [0, 0.1) is 11.3 Å². The zero-order valence-corrected chi connectivity index (χ0v) is 11.8. The van der Waals surface area contributed by atoms with Gasteiger partial charge in [-0.25, -0.2) is 13.4 Å². The minimum absolute atomic E-state index is 0. The van der Waals surface area contributed by atoms with Gasteiger partial charge in [-0.05, 0) is 25.0 Å². The number of sulfonamides is 1. The molecule has 2 rings (SSSR count). The highest BCUT2D eigenvalue weighted by molar-refractivity contribution is 7.89. The molecule has 1 aromatic heterocycles. The molecule has 1 aliphatic rings. The molecule has 0 saturated carbocycles. The van der Waals surface area contributed by atoms with Crippen molar-refractivity contribution in [2.24, 2.45) is 5.73 Å². The summed E-state index contributed by atoms with van der Waals surface area (Å²) in [6, 6.07) is 4.53. The topological polar surface area (TPSA) is 100 Å². The fourth-order valence-electron chi connectivity index (χ4n) is 1.94. The van der Waals surface area contributed by atoms with Crippen molar-refractivity contribution >= 4 is 22.4 Å². The van der Waals surface area contributed by atoms with Crippen LogP contribution in [0.5, 0.6) is 0 Å². The Morgan fingerprint density at radius 3 is 2.89 bits per heavy atom. The van der Waals surface area contributed by atoms with E-state index in [1.54, 1.807) is 0 Å². The third kappa shape index (κ3) is 3.42. The number of hydrogen-bond acceptors (Lipinski definition) is 5. The number of halogens is 1. The largest absolute Gasteiger partial charge is 0.327 e. The summed E-state index contributed by atoms with van der Waals surface area (Å²) in [5.74, 6) is 0. The molecule has 8 heteroatoms. The van der Waals surface area contributed by atoms with Gasteiger partial charge in [0.15, 0.2) is 5.03 Å². The minimum atomic E-state index is -3.64. The van der Waals surface area contributed by atoms with Gasteiger partial charge in [-0.15, -0.1) is 12.4 Å². The third-order valence-corrected chi connectivity index (χ3v) is 4.65. The number of hydrogen-bond donors (Lipinski definition) is 1. The Morgan fingerprint density at radius 1 is 1.53 bits per heavy atom. The molecule has 1 atom stereocenters. The zero-order valence-electron chi connectivity index (χ0n) is 10.2. The quantitative estimate of drug-likeness (QED) is 0.857. The molecule has 1 aliphatic heterocycles. The highest BCUT2D eigenvalue weighted by Crippen LogP contribution is 2.19. The summed E-state index contributed by atoms with van der Waals surface area (Å²) in [5.41, 5.74) is 6.06. The second-order valence-electron chi connectivity index (χ2n) is 4.26. The van der Waals surface area contributed by atoms with Crippen LogP contribution in [-0.4, -0.2) is 36.8 Å². The maximum absolute atomic E-state index is 12.3. The monoisotopic (exact) mass is 302 g/mol. The second-order valence-corrected chi connectivity index (χ2v) is 6.14. The lowest BCUT2D eigenvalue weighted by Gasteiger charge is -2.29. The molecule has 0 radical (unpaired) electrons. The zero-order chi connectivity index (χ0) is 13.2. The van der Waals surface area contributed by atoms with E-state index in [1.807, 2.05) is 6.07 Å². The molecule has 1 unspecified atom stereocenters. The van der Waals surface area contributed by atoms with Gasteiger partial charge in [0.1, 0.15) is 0 Å². The van der Waals surface area contributed by atoms with Crippen LogP contribution in [0.15, 0.2) is 23.4 Å². The summed E-state index contributed by atoms with van der Waals surface area (Å²) in [6.07, 6.45) is 2.91. The molecule has 2 heterocycles. The summed E-state index contributed by atoms with van der Waals surface area (Å²) in [4.78, 5) is 3.84. The number of nitrogens with zero attached hydrogens (tertiary/aromatic N) is 3. The van der Waals surface area contributed by atoms with Crippen LogP contribution in [0.3, 0.4) is 0 Å².